The summed E-state index contributed by atoms with van der Waals surface area (Å²) in [6.45, 7) is 3.15. The van der Waals surface area contributed by atoms with E-state index >= 15 is 0 Å². The average molecular weight is 269 g/mol. The smallest absolute Gasteiger partial charge is 0.180 e. The van der Waals surface area contributed by atoms with E-state index in [1.165, 1.54) is 6.07 Å². The van der Waals surface area contributed by atoms with Gasteiger partial charge in [-0.2, -0.15) is 0 Å². The lowest BCUT2D eigenvalue weighted by Crippen LogP contribution is -2.33. The molecule has 0 aromatic heterocycles. The van der Waals surface area contributed by atoms with Crippen LogP contribution in [-0.4, -0.2) is 47.1 Å². The number of rotatable bonds is 8. The van der Waals surface area contributed by atoms with Gasteiger partial charge in [0, 0.05) is 6.54 Å². The van der Waals surface area contributed by atoms with Crippen molar-refractivity contribution < 1.29 is 19.4 Å². The molecule has 1 aromatic rings. The van der Waals surface area contributed by atoms with Crippen LogP contribution in [0.2, 0.25) is 0 Å². The molecule has 0 aliphatic carbocycles. The average Bonchev–Trinajstić information content (AvgIpc) is 2.39. The zero-order valence-corrected chi connectivity index (χ0v) is 11.1. The van der Waals surface area contributed by atoms with E-state index in [2.05, 4.69) is 0 Å². The third kappa shape index (κ3) is 4.96. The largest absolute Gasteiger partial charge is 0.507 e. The predicted molar refractivity (Wildman–Crippen MR) is 70.8 cm³/mol. The van der Waals surface area contributed by atoms with Gasteiger partial charge in [0.1, 0.15) is 11.6 Å². The van der Waals surface area contributed by atoms with Gasteiger partial charge < -0.3 is 10.2 Å². The minimum Gasteiger partial charge on any atom is -0.507 e. The normalized spacial score (nSPS) is 10.9. The second-order valence-corrected chi connectivity index (χ2v) is 4.44. The monoisotopic (exact) mass is 269 g/mol. The maximum atomic E-state index is 13.1. The highest BCUT2D eigenvalue weighted by Gasteiger charge is 2.16. The lowest BCUT2D eigenvalue weighted by atomic mass is 10.1. The number of ketones is 1. The van der Waals surface area contributed by atoms with Crippen molar-refractivity contribution in [1.29, 1.82) is 0 Å². The molecule has 1 aromatic carbocycles. The van der Waals surface area contributed by atoms with Crippen LogP contribution in [-0.2, 0) is 0 Å². The number of aliphatic hydroxyl groups is 1. The number of aromatic hydroxyl groups is 1. The number of Topliss-reactive ketones (excluding diaryl/α,β-unsaturated/α-hetero) is 1. The predicted octanol–water partition coefficient (Wildman–Crippen LogP) is 1.81. The van der Waals surface area contributed by atoms with Gasteiger partial charge in [0.25, 0.3) is 0 Å². The van der Waals surface area contributed by atoms with Crippen molar-refractivity contribution in [1.82, 2.24) is 4.90 Å². The summed E-state index contributed by atoms with van der Waals surface area (Å²) in [4.78, 5) is 13.8. The van der Waals surface area contributed by atoms with Crippen LogP contribution in [0.3, 0.4) is 0 Å². The molecule has 106 valence electrons. The summed E-state index contributed by atoms with van der Waals surface area (Å²) < 4.78 is 13.1. The van der Waals surface area contributed by atoms with Crippen molar-refractivity contribution in [3.8, 4) is 5.75 Å². The summed E-state index contributed by atoms with van der Waals surface area (Å²) in [5.41, 5.74) is -0.0144. The fourth-order valence-electron chi connectivity index (χ4n) is 1.81. The zero-order valence-electron chi connectivity index (χ0n) is 11.1. The number of phenols is 1. The quantitative estimate of drug-likeness (QED) is 0.707. The fraction of sp³-hybridized carbons (Fsp3) is 0.500. The summed E-state index contributed by atoms with van der Waals surface area (Å²) in [7, 11) is 0. The fourth-order valence-corrected chi connectivity index (χ4v) is 1.81. The number of carbonyl (C=O) groups is 1. The standard InChI is InChI=1S/C14H20FNO3/c1-2-3-6-16(7-8-17)10-14(19)12-9-11(15)4-5-13(12)18/h4-5,9,17-18H,2-3,6-8,10H2,1H3. The summed E-state index contributed by atoms with van der Waals surface area (Å²) in [5, 5.41) is 18.5. The second-order valence-electron chi connectivity index (χ2n) is 4.44. The molecule has 5 heteroatoms. The van der Waals surface area contributed by atoms with Crippen molar-refractivity contribution >= 4 is 5.78 Å². The van der Waals surface area contributed by atoms with Crippen molar-refractivity contribution in [2.75, 3.05) is 26.2 Å². The summed E-state index contributed by atoms with van der Waals surface area (Å²) in [6.07, 6.45) is 1.91. The minimum atomic E-state index is -0.552. The number of hydrogen-bond acceptors (Lipinski definition) is 4. The molecule has 0 heterocycles. The van der Waals surface area contributed by atoms with E-state index < -0.39 is 5.82 Å². The van der Waals surface area contributed by atoms with Crippen LogP contribution < -0.4 is 0 Å². The number of nitrogens with zero attached hydrogens (tertiary/aromatic N) is 1. The topological polar surface area (TPSA) is 60.8 Å². The molecule has 1 rings (SSSR count). The van der Waals surface area contributed by atoms with E-state index in [0.29, 0.717) is 13.1 Å². The van der Waals surface area contributed by atoms with Crippen LogP contribution >= 0.6 is 0 Å². The molecule has 0 radical (unpaired) electrons. The number of phenolic OH excluding ortho intramolecular Hbond substituents is 1. The van der Waals surface area contributed by atoms with E-state index in [-0.39, 0.29) is 30.2 Å². The van der Waals surface area contributed by atoms with E-state index in [9.17, 15) is 14.3 Å². The Morgan fingerprint density at radius 1 is 1.37 bits per heavy atom. The molecule has 0 bridgehead atoms. The maximum Gasteiger partial charge on any atom is 0.180 e. The van der Waals surface area contributed by atoms with E-state index in [4.69, 9.17) is 5.11 Å². The van der Waals surface area contributed by atoms with Gasteiger partial charge in [0.15, 0.2) is 5.78 Å². The van der Waals surface area contributed by atoms with Crippen molar-refractivity contribution in [3.05, 3.63) is 29.6 Å². The number of halogens is 1. The molecule has 0 aliphatic rings. The van der Waals surface area contributed by atoms with Crippen molar-refractivity contribution in [2.45, 2.75) is 19.8 Å². The molecule has 0 saturated heterocycles. The van der Waals surface area contributed by atoms with Crippen LogP contribution in [0.1, 0.15) is 30.1 Å². The lowest BCUT2D eigenvalue weighted by molar-refractivity contribution is 0.0910. The number of unbranched alkanes of at least 4 members (excludes halogenated alkanes) is 1. The highest BCUT2D eigenvalue weighted by Crippen LogP contribution is 2.18. The first kappa shape index (κ1) is 15.6. The Balaban J connectivity index is 2.72. The number of carbonyl (C=O) groups excluding carboxylic acids is 1. The van der Waals surface area contributed by atoms with Crippen LogP contribution in [0.4, 0.5) is 4.39 Å². The van der Waals surface area contributed by atoms with Gasteiger partial charge in [-0.15, -0.1) is 0 Å². The minimum absolute atomic E-state index is 0.0144. The maximum absolute atomic E-state index is 13.1. The van der Waals surface area contributed by atoms with E-state index in [1.54, 1.807) is 4.90 Å². The van der Waals surface area contributed by atoms with E-state index in [0.717, 1.165) is 25.0 Å². The summed E-state index contributed by atoms with van der Waals surface area (Å²) in [6, 6.07) is 3.31. The van der Waals surface area contributed by atoms with Crippen LogP contribution in [0, 0.1) is 5.82 Å². The number of aliphatic hydroxyl groups excluding tert-OH is 1. The molecule has 0 saturated carbocycles. The first-order valence-electron chi connectivity index (χ1n) is 6.43. The molecule has 19 heavy (non-hydrogen) atoms. The highest BCUT2D eigenvalue weighted by molar-refractivity contribution is 6.00. The highest BCUT2D eigenvalue weighted by atomic mass is 19.1. The third-order valence-corrected chi connectivity index (χ3v) is 2.87. The van der Waals surface area contributed by atoms with Crippen LogP contribution in [0.15, 0.2) is 18.2 Å². The van der Waals surface area contributed by atoms with Crippen molar-refractivity contribution in [2.24, 2.45) is 0 Å². The van der Waals surface area contributed by atoms with Gasteiger partial charge in [-0.25, -0.2) is 4.39 Å². The molecule has 0 spiro atoms. The lowest BCUT2D eigenvalue weighted by Gasteiger charge is -2.20. The van der Waals surface area contributed by atoms with Gasteiger partial charge >= 0.3 is 0 Å². The molecule has 0 aliphatic heterocycles. The molecule has 4 nitrogen and oxygen atoms in total. The van der Waals surface area contributed by atoms with Crippen LogP contribution in [0.25, 0.3) is 0 Å². The first-order chi connectivity index (χ1) is 9.08. The Morgan fingerprint density at radius 2 is 2.11 bits per heavy atom. The van der Waals surface area contributed by atoms with Gasteiger partial charge in [0.05, 0.1) is 18.7 Å². The Kier molecular flexibility index (Phi) is 6.45. The Hall–Kier alpha value is -1.46. The third-order valence-electron chi connectivity index (χ3n) is 2.87. The second kappa shape index (κ2) is 7.86. The van der Waals surface area contributed by atoms with Gasteiger partial charge in [-0.3, -0.25) is 9.69 Å². The molecular formula is C14H20FNO3. The molecule has 0 unspecified atom stereocenters. The SMILES string of the molecule is CCCCN(CCO)CC(=O)c1cc(F)ccc1O. The number of benzene rings is 1. The van der Waals surface area contributed by atoms with Crippen molar-refractivity contribution in [3.63, 3.8) is 0 Å². The molecule has 2 N–H and O–H groups in total. The Bertz CT molecular complexity index is 423. The number of hydrogen-bond donors (Lipinski definition) is 2. The van der Waals surface area contributed by atoms with Gasteiger partial charge in [0.2, 0.25) is 0 Å². The zero-order chi connectivity index (χ0) is 14.3. The Morgan fingerprint density at radius 3 is 2.74 bits per heavy atom. The molecule has 0 atom stereocenters. The Labute approximate surface area is 112 Å². The summed E-state index contributed by atoms with van der Waals surface area (Å²) >= 11 is 0. The van der Waals surface area contributed by atoms with Gasteiger partial charge in [-0.05, 0) is 31.2 Å². The summed E-state index contributed by atoms with van der Waals surface area (Å²) in [5.74, 6) is -1.11. The first-order valence-corrected chi connectivity index (χ1v) is 6.43. The van der Waals surface area contributed by atoms with Gasteiger partial charge in [-0.1, -0.05) is 13.3 Å². The molecular weight excluding hydrogens is 249 g/mol. The van der Waals surface area contributed by atoms with Crippen LogP contribution in [0.5, 0.6) is 5.75 Å². The molecule has 0 fully saturated rings. The van der Waals surface area contributed by atoms with E-state index in [1.807, 2.05) is 6.92 Å². The molecule has 0 amide bonds.